The number of carbonyl (C=O) groups is 12. The molecule has 6 atom stereocenters. The molecule has 0 fully saturated rings. The minimum Gasteiger partial charge on any atom is -0.481 e. The van der Waals surface area contributed by atoms with Gasteiger partial charge in [-0.25, -0.2) is 12.8 Å². The van der Waals surface area contributed by atoms with Crippen molar-refractivity contribution >= 4 is 124 Å². The third kappa shape index (κ3) is 26.2. The minimum atomic E-state index is -4.56. The largest absolute Gasteiger partial charge is 0.481 e. The van der Waals surface area contributed by atoms with E-state index in [4.69, 9.17) is 5.73 Å². The second kappa shape index (κ2) is 37.4. The Morgan fingerprint density at radius 1 is 0.527 bits per heavy atom. The van der Waals surface area contributed by atoms with Gasteiger partial charge in [0, 0.05) is 76.8 Å². The first-order chi connectivity index (χ1) is 44.2. The minimum absolute atomic E-state index is 0.00798. The summed E-state index contributed by atoms with van der Waals surface area (Å²) in [6.07, 6.45) is -0.399. The lowest BCUT2D eigenvalue weighted by atomic mass is 10.0. The number of hydrogen-bond acceptors (Lipinski definition) is 14. The number of sulfonamides is 1. The van der Waals surface area contributed by atoms with Crippen molar-refractivity contribution in [2.45, 2.75) is 131 Å². The zero-order chi connectivity index (χ0) is 68.2. The smallest absolute Gasteiger partial charge is 0.305 e. The van der Waals surface area contributed by atoms with E-state index in [1.165, 1.54) is 24.3 Å². The predicted octanol–water partition coefficient (Wildman–Crippen LogP) is 2.47. The van der Waals surface area contributed by atoms with Gasteiger partial charge >= 0.3 is 17.9 Å². The molecular weight excluding hydrogens is 1370 g/mol. The number of rotatable bonds is 40. The number of hydrogen-bond donors (Lipinski definition) is 14. The van der Waals surface area contributed by atoms with Crippen LogP contribution in [-0.2, 0) is 75.6 Å². The van der Waals surface area contributed by atoms with Gasteiger partial charge < -0.3 is 68.6 Å². The summed E-state index contributed by atoms with van der Waals surface area (Å²) in [7, 11) is -4.56. The van der Waals surface area contributed by atoms with Crippen molar-refractivity contribution in [3.63, 3.8) is 0 Å². The van der Waals surface area contributed by atoms with Crippen LogP contribution in [0.25, 0.3) is 10.9 Å². The van der Waals surface area contributed by atoms with Crippen molar-refractivity contribution in [3.8, 4) is 0 Å². The molecule has 0 aliphatic heterocycles. The van der Waals surface area contributed by atoms with Gasteiger partial charge in [-0.1, -0.05) is 68.6 Å². The van der Waals surface area contributed by atoms with Crippen LogP contribution in [0.4, 0.5) is 4.39 Å². The van der Waals surface area contributed by atoms with E-state index in [1.54, 1.807) is 54.7 Å². The van der Waals surface area contributed by atoms with E-state index in [9.17, 15) is 85.7 Å². The van der Waals surface area contributed by atoms with Gasteiger partial charge in [0.25, 0.3) is 5.91 Å². The Balaban J connectivity index is 1.24. The van der Waals surface area contributed by atoms with Gasteiger partial charge in [-0.15, -0.1) is 0 Å². The highest BCUT2D eigenvalue weighted by molar-refractivity contribution is 9.10. The summed E-state index contributed by atoms with van der Waals surface area (Å²) in [5.74, 6) is -13.0. The van der Waals surface area contributed by atoms with Gasteiger partial charge in [0.15, 0.2) is 0 Å². The van der Waals surface area contributed by atoms with Crippen LogP contribution in [0.5, 0.6) is 0 Å². The number of carbonyl (C=O) groups excluding carboxylic acids is 9. The molecular formula is C61H72Br2FN11O17S. The molecule has 93 heavy (non-hydrogen) atoms. The van der Waals surface area contributed by atoms with E-state index >= 15 is 0 Å². The number of carboxylic acids is 3. The molecule has 1 heterocycles. The third-order valence-electron chi connectivity index (χ3n) is 14.2. The Bertz CT molecular complexity index is 3600. The molecule has 0 aliphatic carbocycles. The van der Waals surface area contributed by atoms with Crippen LogP contribution >= 0.6 is 31.9 Å². The van der Waals surface area contributed by atoms with E-state index in [2.05, 4.69) is 79.4 Å². The molecule has 0 radical (unpaired) electrons. The zero-order valence-electron chi connectivity index (χ0n) is 50.0. The summed E-state index contributed by atoms with van der Waals surface area (Å²) in [6.45, 7) is -0.634. The van der Waals surface area contributed by atoms with Crippen LogP contribution in [0, 0.1) is 5.82 Å². The molecule has 9 amide bonds. The maximum atomic E-state index is 14.6. The topological polar surface area (TPSA) is 450 Å². The average Bonchev–Trinajstić information content (AvgIpc) is 1.82. The molecule has 0 saturated carbocycles. The van der Waals surface area contributed by atoms with Crippen molar-refractivity contribution in [3.05, 3.63) is 135 Å². The first-order valence-corrected chi connectivity index (χ1v) is 32.4. The maximum Gasteiger partial charge on any atom is 0.305 e. The first-order valence-electron chi connectivity index (χ1n) is 29.3. The van der Waals surface area contributed by atoms with Gasteiger partial charge in [-0.2, -0.15) is 4.72 Å². The Morgan fingerprint density at radius 2 is 1.09 bits per heavy atom. The van der Waals surface area contributed by atoms with Gasteiger partial charge in [-0.05, 0) is 123 Å². The molecule has 0 aliphatic rings. The second-order valence-electron chi connectivity index (χ2n) is 21.4. The van der Waals surface area contributed by atoms with E-state index in [-0.39, 0.29) is 42.2 Å². The summed E-state index contributed by atoms with van der Waals surface area (Å²) in [6, 6.07) is 14.2. The molecule has 1 aromatic heterocycles. The average molecular weight is 1440 g/mol. The van der Waals surface area contributed by atoms with E-state index in [1.807, 2.05) is 4.72 Å². The number of amides is 9. The molecule has 32 heteroatoms. The number of nitrogens with one attached hydrogen (secondary N) is 10. The zero-order valence-corrected chi connectivity index (χ0v) is 54.0. The monoisotopic (exact) mass is 1440 g/mol. The number of fused-ring (bicyclic) bond motifs is 1. The number of primary amides is 1. The van der Waals surface area contributed by atoms with Crippen molar-refractivity contribution in [1.29, 1.82) is 0 Å². The molecule has 6 unspecified atom stereocenters. The Hall–Kier alpha value is -9.14. The molecule has 4 aromatic carbocycles. The fourth-order valence-electron chi connectivity index (χ4n) is 9.35. The van der Waals surface area contributed by atoms with Crippen molar-refractivity contribution < 1.29 is 85.7 Å². The van der Waals surface area contributed by atoms with Gasteiger partial charge in [0.2, 0.25) is 57.3 Å². The molecule has 0 spiro atoms. The third-order valence-corrected chi connectivity index (χ3v) is 16.7. The lowest BCUT2D eigenvalue weighted by Crippen LogP contribution is -2.58. The molecule has 5 aromatic rings. The van der Waals surface area contributed by atoms with Crippen LogP contribution in [0.15, 0.2) is 117 Å². The van der Waals surface area contributed by atoms with Gasteiger partial charge in [-0.3, -0.25) is 57.5 Å². The Kier molecular flexibility index (Phi) is 30.0. The Labute approximate surface area is 550 Å². The van der Waals surface area contributed by atoms with Crippen molar-refractivity contribution in [1.82, 2.24) is 52.2 Å². The summed E-state index contributed by atoms with van der Waals surface area (Å²) < 4.78 is 44.2. The number of halogens is 3. The maximum absolute atomic E-state index is 14.6. The quantitative estimate of drug-likeness (QED) is 0.0251. The molecule has 5 rings (SSSR count). The van der Waals surface area contributed by atoms with Crippen LogP contribution in [-0.4, -0.2) is 156 Å². The first kappa shape index (κ1) is 74.6. The summed E-state index contributed by atoms with van der Waals surface area (Å²) in [5, 5.41) is 49.3. The predicted molar refractivity (Wildman–Crippen MR) is 340 cm³/mol. The summed E-state index contributed by atoms with van der Waals surface area (Å²) >= 11 is 6.48. The van der Waals surface area contributed by atoms with Gasteiger partial charge in [0.1, 0.15) is 42.1 Å². The second-order valence-corrected chi connectivity index (χ2v) is 24.9. The standard InChI is InChI=1S/C61H72Br2FN11O17S/c62-38-17-15-36(16-18-38)56(85)66-28-7-5-13-44(55(65)84)70-50(76)14-2-1-6-27-67-57(86)45(23-25-52(78)79)72-60(89)48(31-37-33-68-43-12-4-3-11-42(37)43)74-59(88)47(30-35-9-8-10-40(64)29-35)71-51(77)34-69-58(87)46(24-26-53(80)81)73-61(90)49(32-54(82)83)75-93(91,92)41-21-19-39(63)20-22-41/h3-4,8-12,15-22,29,33,44-49,68,75H,1-2,5-7,13-14,23-28,30-32,34H2,(H2,65,84)(H,66,85)(H,67,86)(H,69,87)(H,70,76)(H,71,77)(H,72,89)(H,73,90)(H,74,88)(H,78,79)(H,80,81)(H,82,83). The van der Waals surface area contributed by atoms with E-state index < -0.39 is 162 Å². The number of unbranched alkanes of at least 4 members (excludes halogenated alkanes) is 3. The van der Waals surface area contributed by atoms with E-state index in [0.717, 1.165) is 28.7 Å². The van der Waals surface area contributed by atoms with Crippen LogP contribution in [0.2, 0.25) is 0 Å². The molecule has 500 valence electrons. The SMILES string of the molecule is NC(=O)C(CCCCNC(=O)c1ccc(Br)cc1)NC(=O)CCCCCNC(=O)C(CCC(=O)O)NC(=O)C(Cc1c[nH]c2ccccc12)NC(=O)C(Cc1cccc(F)c1)NC(=O)CNC(=O)C(CCC(=O)O)NC(=O)C(CC(=O)O)NS(=O)(=O)c1ccc(Br)cc1. The highest BCUT2D eigenvalue weighted by Crippen LogP contribution is 2.21. The van der Waals surface area contributed by atoms with E-state index in [0.29, 0.717) is 65.2 Å². The van der Waals surface area contributed by atoms with Crippen molar-refractivity contribution in [2.75, 3.05) is 19.6 Å². The highest BCUT2D eigenvalue weighted by Gasteiger charge is 2.34. The lowest BCUT2D eigenvalue weighted by molar-refractivity contribution is -0.140. The number of aliphatic carboxylic acids is 3. The number of benzene rings is 4. The number of nitrogens with two attached hydrogens (primary N) is 1. The number of aromatic amines is 1. The normalized spacial score (nSPS) is 13.1. The van der Waals surface area contributed by atoms with Gasteiger partial charge in [0.05, 0.1) is 17.9 Å². The summed E-state index contributed by atoms with van der Waals surface area (Å²) in [4.78, 5) is 159. The fraction of sp³-hybridized carbons (Fsp3) is 0.377. The summed E-state index contributed by atoms with van der Waals surface area (Å²) in [5.41, 5.74) is 7.32. The molecule has 0 saturated heterocycles. The highest BCUT2D eigenvalue weighted by atomic mass is 79.9. The number of aromatic nitrogens is 1. The Morgan fingerprint density at radius 3 is 1.70 bits per heavy atom. The fourth-order valence-corrected chi connectivity index (χ4v) is 11.1. The molecule has 28 nitrogen and oxygen atoms in total. The molecule has 0 bridgehead atoms. The lowest BCUT2D eigenvalue weighted by Gasteiger charge is -2.26. The van der Waals surface area contributed by atoms with Crippen LogP contribution in [0.1, 0.15) is 98.5 Å². The van der Waals surface area contributed by atoms with Crippen LogP contribution in [0.3, 0.4) is 0 Å². The number of carboxylic acid groups (broad SMARTS) is 3. The number of para-hydroxylation sites is 1. The van der Waals surface area contributed by atoms with Crippen LogP contribution < -0.4 is 53.0 Å². The molecule has 15 N–H and O–H groups in total. The van der Waals surface area contributed by atoms with Crippen molar-refractivity contribution in [2.24, 2.45) is 5.73 Å². The number of H-pyrrole nitrogens is 1.